The molecule has 7 nitrogen and oxygen atoms in total. The molecule has 1 amide bonds. The zero-order chi connectivity index (χ0) is 22.8. The van der Waals surface area contributed by atoms with E-state index < -0.39 is 23.7 Å². The van der Waals surface area contributed by atoms with Crippen LogP contribution in [0.5, 0.6) is 5.75 Å². The third-order valence-corrected chi connectivity index (χ3v) is 5.35. The van der Waals surface area contributed by atoms with Crippen molar-refractivity contribution < 1.29 is 23.5 Å². The van der Waals surface area contributed by atoms with Crippen molar-refractivity contribution in [2.24, 2.45) is 0 Å². The second kappa shape index (κ2) is 9.12. The summed E-state index contributed by atoms with van der Waals surface area (Å²) in [5, 5.41) is 3.48. The van der Waals surface area contributed by atoms with Gasteiger partial charge in [0.05, 0.1) is 0 Å². The van der Waals surface area contributed by atoms with Crippen LogP contribution in [0.4, 0.5) is 4.79 Å². The Morgan fingerprint density at radius 1 is 1.16 bits per heavy atom. The van der Waals surface area contributed by atoms with Crippen LogP contribution in [-0.2, 0) is 22.4 Å². The summed E-state index contributed by atoms with van der Waals surface area (Å²) in [6.45, 7) is 8.94. The summed E-state index contributed by atoms with van der Waals surface area (Å²) in [7, 11) is 0. The van der Waals surface area contributed by atoms with Crippen LogP contribution >= 0.6 is 0 Å². The third-order valence-electron chi connectivity index (χ3n) is 5.35. The number of amides is 1. The molecule has 1 N–H and O–H groups in total. The number of carbonyl (C=O) groups is 2. The van der Waals surface area contributed by atoms with Gasteiger partial charge in [0.1, 0.15) is 23.0 Å². The van der Waals surface area contributed by atoms with Gasteiger partial charge >= 0.3 is 17.7 Å². The van der Waals surface area contributed by atoms with Crippen LogP contribution in [0.15, 0.2) is 21.3 Å². The second-order valence-electron chi connectivity index (χ2n) is 9.03. The van der Waals surface area contributed by atoms with Gasteiger partial charge in [0.25, 0.3) is 0 Å². The van der Waals surface area contributed by atoms with E-state index in [1.807, 2.05) is 13.0 Å². The highest BCUT2D eigenvalue weighted by Gasteiger charge is 2.27. The zero-order valence-electron chi connectivity index (χ0n) is 18.9. The third kappa shape index (κ3) is 5.27. The normalized spacial score (nSPS) is 14.6. The van der Waals surface area contributed by atoms with Gasteiger partial charge < -0.3 is 19.2 Å². The standard InChI is InChI=1S/C24H31NO6/c1-6-9-18(25-23(28)31-24(3,4)5)22(27)29-19-13-12-16-15-10-7-8-11-17(15)21(26)30-20(16)14(19)2/h12-13,18H,6-11H2,1-5H3,(H,25,28). The Kier molecular flexibility index (Phi) is 6.72. The van der Waals surface area contributed by atoms with Gasteiger partial charge in [-0.2, -0.15) is 0 Å². The molecular formula is C24H31NO6. The van der Waals surface area contributed by atoms with Crippen LogP contribution in [0.3, 0.4) is 0 Å². The molecule has 3 rings (SSSR count). The summed E-state index contributed by atoms with van der Waals surface area (Å²) in [6.07, 6.45) is 4.02. The quantitative estimate of drug-likeness (QED) is 0.425. The van der Waals surface area contributed by atoms with Crippen LogP contribution < -0.4 is 15.7 Å². The molecule has 31 heavy (non-hydrogen) atoms. The maximum atomic E-state index is 12.8. The van der Waals surface area contributed by atoms with E-state index in [0.717, 1.165) is 42.2 Å². The van der Waals surface area contributed by atoms with Crippen LogP contribution in [0, 0.1) is 6.92 Å². The predicted octanol–water partition coefficient (Wildman–Crippen LogP) is 4.58. The Bertz CT molecular complexity index is 1050. The summed E-state index contributed by atoms with van der Waals surface area (Å²) < 4.78 is 16.5. The first-order valence-electron chi connectivity index (χ1n) is 10.9. The first-order valence-corrected chi connectivity index (χ1v) is 10.9. The van der Waals surface area contributed by atoms with Crippen molar-refractivity contribution in [1.29, 1.82) is 0 Å². The van der Waals surface area contributed by atoms with Gasteiger partial charge in [-0.25, -0.2) is 14.4 Å². The minimum absolute atomic E-state index is 0.309. The SMILES string of the molecule is CCCC(NC(=O)OC(C)(C)C)C(=O)Oc1ccc2c3c(c(=O)oc2c1C)CCCC3. The monoisotopic (exact) mass is 429 g/mol. The van der Waals surface area contributed by atoms with Crippen LogP contribution in [0.1, 0.15) is 70.1 Å². The van der Waals surface area contributed by atoms with E-state index in [9.17, 15) is 14.4 Å². The number of rotatable bonds is 5. The molecule has 0 fully saturated rings. The van der Waals surface area contributed by atoms with Gasteiger partial charge in [-0.05, 0) is 77.5 Å². The number of aryl methyl sites for hydroxylation is 2. The summed E-state index contributed by atoms with van der Waals surface area (Å²) in [4.78, 5) is 37.4. The molecule has 7 heteroatoms. The van der Waals surface area contributed by atoms with Crippen molar-refractivity contribution in [3.8, 4) is 5.75 Å². The molecule has 1 aromatic heterocycles. The first kappa shape index (κ1) is 22.8. The molecule has 1 aromatic carbocycles. The Balaban J connectivity index is 1.85. The highest BCUT2D eigenvalue weighted by molar-refractivity contribution is 5.88. The van der Waals surface area contributed by atoms with Gasteiger partial charge in [-0.1, -0.05) is 13.3 Å². The molecule has 0 radical (unpaired) electrons. The van der Waals surface area contributed by atoms with Gasteiger partial charge in [0.15, 0.2) is 0 Å². The smallest absolute Gasteiger partial charge is 0.408 e. The fraction of sp³-hybridized carbons (Fsp3) is 0.542. The highest BCUT2D eigenvalue weighted by Crippen LogP contribution is 2.32. The van der Waals surface area contributed by atoms with Crippen molar-refractivity contribution in [3.05, 3.63) is 39.2 Å². The summed E-state index contributed by atoms with van der Waals surface area (Å²) in [5.41, 5.74) is 1.84. The molecule has 1 atom stereocenters. The topological polar surface area (TPSA) is 94.8 Å². The zero-order valence-corrected chi connectivity index (χ0v) is 18.9. The fourth-order valence-electron chi connectivity index (χ4n) is 3.90. The Morgan fingerprint density at radius 2 is 1.84 bits per heavy atom. The molecule has 1 heterocycles. The maximum Gasteiger partial charge on any atom is 0.408 e. The highest BCUT2D eigenvalue weighted by atomic mass is 16.6. The molecule has 0 aliphatic heterocycles. The lowest BCUT2D eigenvalue weighted by Gasteiger charge is -2.23. The summed E-state index contributed by atoms with van der Waals surface area (Å²) in [6, 6.07) is 2.72. The van der Waals surface area contributed by atoms with Gasteiger partial charge in [-0.3, -0.25) is 0 Å². The fourth-order valence-corrected chi connectivity index (χ4v) is 3.90. The van der Waals surface area contributed by atoms with Crippen molar-refractivity contribution in [2.45, 2.75) is 84.8 Å². The van der Waals surface area contributed by atoms with E-state index in [1.54, 1.807) is 33.8 Å². The first-order chi connectivity index (χ1) is 14.6. The Morgan fingerprint density at radius 3 is 2.48 bits per heavy atom. The minimum Gasteiger partial charge on any atom is -0.444 e. The number of carbonyl (C=O) groups excluding carboxylic acids is 2. The number of nitrogens with one attached hydrogen (secondary N) is 1. The Labute approximate surface area is 182 Å². The average molecular weight is 430 g/mol. The number of alkyl carbamates (subject to hydrolysis) is 1. The number of fused-ring (bicyclic) bond motifs is 3. The molecule has 0 saturated heterocycles. The van der Waals surface area contributed by atoms with E-state index in [4.69, 9.17) is 13.9 Å². The lowest BCUT2D eigenvalue weighted by molar-refractivity contribution is -0.137. The molecule has 0 saturated carbocycles. The van der Waals surface area contributed by atoms with E-state index in [-0.39, 0.29) is 5.63 Å². The van der Waals surface area contributed by atoms with Crippen LogP contribution in [-0.4, -0.2) is 23.7 Å². The van der Waals surface area contributed by atoms with E-state index in [0.29, 0.717) is 29.7 Å². The number of ether oxygens (including phenoxy) is 2. The maximum absolute atomic E-state index is 12.8. The van der Waals surface area contributed by atoms with Gasteiger partial charge in [0.2, 0.25) is 0 Å². The average Bonchev–Trinajstić information content (AvgIpc) is 2.69. The molecule has 1 aliphatic rings. The van der Waals surface area contributed by atoms with E-state index in [2.05, 4.69) is 5.32 Å². The lowest BCUT2D eigenvalue weighted by Crippen LogP contribution is -2.45. The van der Waals surface area contributed by atoms with Crippen molar-refractivity contribution in [3.63, 3.8) is 0 Å². The number of hydrogen-bond donors (Lipinski definition) is 1. The summed E-state index contributed by atoms with van der Waals surface area (Å²) >= 11 is 0. The van der Waals surface area contributed by atoms with Crippen LogP contribution in [0.2, 0.25) is 0 Å². The van der Waals surface area contributed by atoms with Crippen molar-refractivity contribution >= 4 is 23.0 Å². The summed E-state index contributed by atoms with van der Waals surface area (Å²) in [5.74, 6) is -0.279. The van der Waals surface area contributed by atoms with E-state index >= 15 is 0 Å². The molecule has 1 unspecified atom stereocenters. The van der Waals surface area contributed by atoms with E-state index in [1.165, 1.54) is 0 Å². The Hall–Kier alpha value is -2.83. The number of hydrogen-bond acceptors (Lipinski definition) is 6. The molecule has 168 valence electrons. The number of esters is 1. The van der Waals surface area contributed by atoms with Gasteiger partial charge in [-0.15, -0.1) is 0 Å². The molecule has 1 aliphatic carbocycles. The molecular weight excluding hydrogens is 398 g/mol. The van der Waals surface area contributed by atoms with Crippen LogP contribution in [0.25, 0.3) is 11.0 Å². The largest absolute Gasteiger partial charge is 0.444 e. The molecule has 0 spiro atoms. The lowest BCUT2D eigenvalue weighted by atomic mass is 9.90. The van der Waals surface area contributed by atoms with Gasteiger partial charge in [0, 0.05) is 16.5 Å². The van der Waals surface area contributed by atoms with Crippen molar-refractivity contribution in [2.75, 3.05) is 0 Å². The second-order valence-corrected chi connectivity index (χ2v) is 9.03. The predicted molar refractivity (Wildman–Crippen MR) is 118 cm³/mol. The minimum atomic E-state index is -0.842. The molecule has 0 bridgehead atoms. The van der Waals surface area contributed by atoms with Crippen molar-refractivity contribution in [1.82, 2.24) is 5.32 Å². The molecule has 2 aromatic rings. The number of benzene rings is 1.